The van der Waals surface area contributed by atoms with Crippen LogP contribution in [-0.4, -0.2) is 78.1 Å². The van der Waals surface area contributed by atoms with Gasteiger partial charge in [0, 0.05) is 12.6 Å². The highest BCUT2D eigenvalue weighted by Gasteiger charge is 2.53. The van der Waals surface area contributed by atoms with Crippen LogP contribution in [0.1, 0.15) is 25.7 Å². The molecule has 11 heteroatoms. The van der Waals surface area contributed by atoms with E-state index in [9.17, 15) is 18.3 Å². The fourth-order valence-corrected chi connectivity index (χ4v) is 3.94. The Hall–Kier alpha value is -0.980. The summed E-state index contributed by atoms with van der Waals surface area (Å²) in [4.78, 5) is 13.5. The van der Waals surface area contributed by atoms with Gasteiger partial charge in [0.05, 0.1) is 12.1 Å². The standard InChI is InChI=1S/C12H22N4O6S/c17-11(14-8-2-1-4-13-5-3-8)10-6-9-7-15(10)12(18)16(9)22-23(19,20)21/h8-11,13-14,17H,1-7H2,(H,19,20,21)/t8-,9+,10-,11?/m0/s1. The Bertz CT molecular complexity index is 550. The van der Waals surface area contributed by atoms with Crippen molar-refractivity contribution in [1.29, 1.82) is 0 Å². The number of urea groups is 1. The highest BCUT2D eigenvalue weighted by molar-refractivity contribution is 7.80. The second-order valence-electron chi connectivity index (χ2n) is 6.21. The van der Waals surface area contributed by atoms with Crippen molar-refractivity contribution >= 4 is 16.4 Å². The van der Waals surface area contributed by atoms with Gasteiger partial charge in [-0.1, -0.05) is 0 Å². The first-order valence-electron chi connectivity index (χ1n) is 7.77. The van der Waals surface area contributed by atoms with Gasteiger partial charge < -0.3 is 15.3 Å². The van der Waals surface area contributed by atoms with E-state index in [-0.39, 0.29) is 12.6 Å². The normalized spacial score (nSPS) is 33.1. The molecule has 3 fully saturated rings. The predicted molar refractivity (Wildman–Crippen MR) is 78.4 cm³/mol. The van der Waals surface area contributed by atoms with Gasteiger partial charge in [0.25, 0.3) is 0 Å². The second-order valence-corrected chi connectivity index (χ2v) is 7.21. The SMILES string of the molecule is O=C1N2C[C@@H](C[C@H]2C(O)N[C@H]2CCCNCC2)N1OS(=O)(=O)O. The molecule has 4 atom stereocenters. The molecule has 0 aliphatic carbocycles. The van der Waals surface area contributed by atoms with Gasteiger partial charge in [0.2, 0.25) is 0 Å². The van der Waals surface area contributed by atoms with E-state index in [4.69, 9.17) is 4.55 Å². The number of amides is 2. The average molecular weight is 350 g/mol. The monoisotopic (exact) mass is 350 g/mol. The van der Waals surface area contributed by atoms with Crippen molar-refractivity contribution in [2.24, 2.45) is 0 Å². The van der Waals surface area contributed by atoms with Crippen LogP contribution in [0.2, 0.25) is 0 Å². The average Bonchev–Trinajstić information content (AvgIpc) is 2.90. The van der Waals surface area contributed by atoms with Gasteiger partial charge in [-0.25, -0.2) is 4.79 Å². The largest absolute Gasteiger partial charge is 0.418 e. The lowest BCUT2D eigenvalue weighted by molar-refractivity contribution is -0.0573. The molecule has 4 N–H and O–H groups in total. The molecule has 0 spiro atoms. The van der Waals surface area contributed by atoms with Gasteiger partial charge in [-0.15, -0.1) is 4.28 Å². The molecule has 0 aromatic heterocycles. The number of aliphatic hydroxyl groups is 1. The van der Waals surface area contributed by atoms with E-state index in [1.54, 1.807) is 0 Å². The molecule has 2 bridgehead atoms. The topological polar surface area (TPSA) is 131 Å². The number of fused-ring (bicyclic) bond motifs is 2. The summed E-state index contributed by atoms with van der Waals surface area (Å²) >= 11 is 0. The Morgan fingerprint density at radius 3 is 2.83 bits per heavy atom. The van der Waals surface area contributed by atoms with Crippen LogP contribution in [0.25, 0.3) is 0 Å². The van der Waals surface area contributed by atoms with Gasteiger partial charge >= 0.3 is 16.4 Å². The van der Waals surface area contributed by atoms with Crippen LogP contribution in [0.5, 0.6) is 0 Å². The lowest BCUT2D eigenvalue weighted by Crippen LogP contribution is -2.55. The molecule has 2 amide bonds. The first-order chi connectivity index (χ1) is 10.8. The molecule has 10 nitrogen and oxygen atoms in total. The molecule has 3 aliphatic rings. The van der Waals surface area contributed by atoms with Crippen molar-refractivity contribution in [3.8, 4) is 0 Å². The number of rotatable bonds is 5. The third-order valence-electron chi connectivity index (χ3n) is 4.61. The maximum Gasteiger partial charge on any atom is 0.418 e. The molecule has 3 saturated heterocycles. The molecular formula is C12H22N4O6S. The van der Waals surface area contributed by atoms with Gasteiger partial charge in [-0.3, -0.25) is 9.87 Å². The quantitative estimate of drug-likeness (QED) is 0.353. The maximum atomic E-state index is 12.1. The Balaban J connectivity index is 1.58. The van der Waals surface area contributed by atoms with E-state index in [2.05, 4.69) is 14.9 Å². The van der Waals surface area contributed by atoms with E-state index in [1.807, 2.05) is 0 Å². The highest BCUT2D eigenvalue weighted by atomic mass is 32.3. The minimum Gasteiger partial charge on any atom is -0.376 e. The van der Waals surface area contributed by atoms with E-state index >= 15 is 0 Å². The number of carbonyl (C=O) groups is 1. The number of aliphatic hydroxyl groups excluding tert-OH is 1. The van der Waals surface area contributed by atoms with Gasteiger partial charge in [0.1, 0.15) is 6.23 Å². The van der Waals surface area contributed by atoms with Crippen LogP contribution in [0.3, 0.4) is 0 Å². The zero-order chi connectivity index (χ0) is 16.6. The molecule has 3 rings (SSSR count). The summed E-state index contributed by atoms with van der Waals surface area (Å²) in [5, 5.41) is 17.5. The molecule has 0 radical (unpaired) electrons. The van der Waals surface area contributed by atoms with Crippen LogP contribution < -0.4 is 10.6 Å². The number of nitrogens with zero attached hydrogens (tertiary/aromatic N) is 2. The first-order valence-corrected chi connectivity index (χ1v) is 9.13. The van der Waals surface area contributed by atoms with Crippen molar-refractivity contribution in [1.82, 2.24) is 20.6 Å². The number of hydrogen-bond acceptors (Lipinski definition) is 7. The van der Waals surface area contributed by atoms with Gasteiger partial charge in [0.15, 0.2) is 0 Å². The van der Waals surface area contributed by atoms with Crippen molar-refractivity contribution in [2.45, 2.75) is 50.0 Å². The number of hydroxylamine groups is 2. The fraction of sp³-hybridized carbons (Fsp3) is 0.917. The Kier molecular flexibility index (Phi) is 4.76. The third-order valence-corrected chi connectivity index (χ3v) is 4.96. The molecule has 0 aromatic carbocycles. The van der Waals surface area contributed by atoms with Crippen molar-refractivity contribution < 1.29 is 27.2 Å². The summed E-state index contributed by atoms with van der Waals surface area (Å²) in [5.41, 5.74) is 0. The smallest absolute Gasteiger partial charge is 0.376 e. The molecule has 0 saturated carbocycles. The van der Waals surface area contributed by atoms with Crippen LogP contribution in [0.4, 0.5) is 4.79 Å². The fourth-order valence-electron chi connectivity index (χ4n) is 3.55. The number of carbonyl (C=O) groups excluding carboxylic acids is 1. The Labute approximate surface area is 134 Å². The lowest BCUT2D eigenvalue weighted by atomic mass is 10.1. The van der Waals surface area contributed by atoms with Crippen LogP contribution in [0, 0.1) is 0 Å². The number of nitrogens with one attached hydrogen (secondary N) is 2. The molecule has 0 aromatic rings. The van der Waals surface area contributed by atoms with E-state index in [0.29, 0.717) is 11.5 Å². The molecule has 3 heterocycles. The first kappa shape index (κ1) is 16.9. The van der Waals surface area contributed by atoms with E-state index in [1.165, 1.54) is 4.90 Å². The molecule has 132 valence electrons. The summed E-state index contributed by atoms with van der Waals surface area (Å²) in [5.74, 6) is 0. The predicted octanol–water partition coefficient (Wildman–Crippen LogP) is -1.35. The number of hydrogen-bond donors (Lipinski definition) is 4. The minimum absolute atomic E-state index is 0.181. The van der Waals surface area contributed by atoms with E-state index < -0.39 is 34.7 Å². The second kappa shape index (κ2) is 6.49. The third kappa shape index (κ3) is 3.75. The summed E-state index contributed by atoms with van der Waals surface area (Å²) in [6.45, 7) is 2.12. The molecule has 23 heavy (non-hydrogen) atoms. The Morgan fingerprint density at radius 1 is 1.35 bits per heavy atom. The zero-order valence-electron chi connectivity index (χ0n) is 12.6. The molecular weight excluding hydrogens is 328 g/mol. The van der Waals surface area contributed by atoms with Crippen molar-refractivity contribution in [3.63, 3.8) is 0 Å². The van der Waals surface area contributed by atoms with Crippen molar-refractivity contribution in [3.05, 3.63) is 0 Å². The van der Waals surface area contributed by atoms with Crippen LogP contribution >= 0.6 is 0 Å². The zero-order valence-corrected chi connectivity index (χ0v) is 13.4. The molecule has 1 unspecified atom stereocenters. The minimum atomic E-state index is -4.73. The summed E-state index contributed by atoms with van der Waals surface area (Å²) in [6, 6.07) is -1.40. The van der Waals surface area contributed by atoms with E-state index in [0.717, 1.165) is 32.4 Å². The summed E-state index contributed by atoms with van der Waals surface area (Å²) < 4.78 is 34.6. The van der Waals surface area contributed by atoms with Gasteiger partial charge in [-0.05, 0) is 38.8 Å². The van der Waals surface area contributed by atoms with Crippen LogP contribution in [0.15, 0.2) is 0 Å². The Morgan fingerprint density at radius 2 is 2.13 bits per heavy atom. The summed E-state index contributed by atoms with van der Waals surface area (Å²) in [6.07, 6.45) is 2.38. The van der Waals surface area contributed by atoms with Crippen molar-refractivity contribution in [2.75, 3.05) is 19.6 Å². The lowest BCUT2D eigenvalue weighted by Gasteiger charge is -2.34. The van der Waals surface area contributed by atoms with Gasteiger partial charge in [-0.2, -0.15) is 13.5 Å². The summed E-state index contributed by atoms with van der Waals surface area (Å²) in [7, 11) is -4.73. The molecule has 3 aliphatic heterocycles. The maximum absolute atomic E-state index is 12.1. The highest BCUT2D eigenvalue weighted by Crippen LogP contribution is 2.33. The van der Waals surface area contributed by atoms with Crippen LogP contribution in [-0.2, 0) is 14.7 Å².